The molecule has 0 aliphatic carbocycles. The molecule has 0 saturated heterocycles. The Morgan fingerprint density at radius 2 is 1.92 bits per heavy atom. The topological polar surface area (TPSA) is 59.2 Å². The largest absolute Gasteiger partial charge is 0.411 e. The normalized spacial score (nSPS) is 10.7. The minimum absolute atomic E-state index is 0.128. The highest BCUT2D eigenvalue weighted by atomic mass is 79.9. The van der Waals surface area contributed by atoms with Crippen LogP contribution in [0.15, 0.2) is 62.6 Å². The first kappa shape index (κ1) is 18.6. The Labute approximate surface area is 162 Å². The molecule has 3 rings (SSSR count). The minimum atomic E-state index is -0.324. The highest BCUT2D eigenvalue weighted by Crippen LogP contribution is 2.29. The first-order valence-corrected chi connectivity index (χ1v) is 9.51. The average molecular weight is 436 g/mol. The predicted molar refractivity (Wildman–Crippen MR) is 101 cm³/mol. The standard InChI is InChI=1S/C18H15BrFN3O2S/c1-23(10-12-6-2-5-9-15(12)20)16(24)11-26-18-22-21-17(25-18)13-7-3-4-8-14(13)19/h2-9H,10-11H2,1H3. The fourth-order valence-electron chi connectivity index (χ4n) is 2.22. The molecule has 0 saturated carbocycles. The zero-order valence-electron chi connectivity index (χ0n) is 13.9. The molecular formula is C18H15BrFN3O2S. The third-order valence-electron chi connectivity index (χ3n) is 3.62. The van der Waals surface area contributed by atoms with Crippen molar-refractivity contribution in [2.75, 3.05) is 12.8 Å². The van der Waals surface area contributed by atoms with Crippen molar-refractivity contribution in [3.63, 3.8) is 0 Å². The van der Waals surface area contributed by atoms with Crippen LogP contribution in [0.2, 0.25) is 0 Å². The third-order valence-corrected chi connectivity index (χ3v) is 5.12. The van der Waals surface area contributed by atoms with Gasteiger partial charge in [-0.15, -0.1) is 10.2 Å². The van der Waals surface area contributed by atoms with Gasteiger partial charge in [-0.3, -0.25) is 4.79 Å². The SMILES string of the molecule is CN(Cc1ccccc1F)C(=O)CSc1nnc(-c2ccccc2Br)o1. The molecule has 1 aromatic heterocycles. The lowest BCUT2D eigenvalue weighted by Crippen LogP contribution is -2.28. The molecule has 5 nitrogen and oxygen atoms in total. The molecule has 0 fully saturated rings. The Kier molecular flexibility index (Phi) is 6.05. The zero-order valence-corrected chi connectivity index (χ0v) is 16.3. The summed E-state index contributed by atoms with van der Waals surface area (Å²) in [4.78, 5) is 13.7. The van der Waals surface area contributed by atoms with Crippen molar-refractivity contribution in [1.29, 1.82) is 0 Å². The van der Waals surface area contributed by atoms with E-state index in [0.29, 0.717) is 16.7 Å². The van der Waals surface area contributed by atoms with Gasteiger partial charge in [0, 0.05) is 23.6 Å². The van der Waals surface area contributed by atoms with Crippen LogP contribution in [0, 0.1) is 5.82 Å². The molecule has 0 unspecified atom stereocenters. The summed E-state index contributed by atoms with van der Waals surface area (Å²) in [6.07, 6.45) is 0. The summed E-state index contributed by atoms with van der Waals surface area (Å²) in [6, 6.07) is 13.9. The molecule has 3 aromatic rings. The van der Waals surface area contributed by atoms with Crippen LogP contribution in [0.3, 0.4) is 0 Å². The van der Waals surface area contributed by atoms with Gasteiger partial charge in [0.1, 0.15) is 5.82 Å². The van der Waals surface area contributed by atoms with Gasteiger partial charge >= 0.3 is 0 Å². The van der Waals surface area contributed by atoms with Gasteiger partial charge in [0.2, 0.25) is 11.8 Å². The first-order valence-electron chi connectivity index (χ1n) is 7.73. The van der Waals surface area contributed by atoms with E-state index >= 15 is 0 Å². The van der Waals surface area contributed by atoms with Crippen LogP contribution in [0.4, 0.5) is 4.39 Å². The summed E-state index contributed by atoms with van der Waals surface area (Å²) in [6.45, 7) is 0.206. The Hall–Kier alpha value is -2.19. The Morgan fingerprint density at radius 3 is 2.69 bits per heavy atom. The fraction of sp³-hybridized carbons (Fsp3) is 0.167. The summed E-state index contributed by atoms with van der Waals surface area (Å²) in [5, 5.41) is 8.27. The quantitative estimate of drug-likeness (QED) is 0.537. The Bertz CT molecular complexity index is 919. The summed E-state index contributed by atoms with van der Waals surface area (Å²) in [7, 11) is 1.63. The fourth-order valence-corrected chi connectivity index (χ4v) is 3.37. The molecule has 1 amide bonds. The van der Waals surface area contributed by atoms with Crippen LogP contribution in [-0.4, -0.2) is 33.8 Å². The molecule has 0 spiro atoms. The lowest BCUT2D eigenvalue weighted by atomic mass is 10.2. The first-order chi connectivity index (χ1) is 12.5. The van der Waals surface area contributed by atoms with E-state index in [9.17, 15) is 9.18 Å². The number of benzene rings is 2. The molecule has 0 bridgehead atoms. The molecule has 1 heterocycles. The highest BCUT2D eigenvalue weighted by Gasteiger charge is 2.16. The number of carbonyl (C=O) groups excluding carboxylic acids is 1. The molecule has 134 valence electrons. The van der Waals surface area contributed by atoms with E-state index in [1.165, 1.54) is 11.0 Å². The maximum atomic E-state index is 13.7. The smallest absolute Gasteiger partial charge is 0.277 e. The lowest BCUT2D eigenvalue weighted by molar-refractivity contribution is -0.127. The van der Waals surface area contributed by atoms with Crippen molar-refractivity contribution < 1.29 is 13.6 Å². The Morgan fingerprint density at radius 1 is 1.19 bits per heavy atom. The maximum Gasteiger partial charge on any atom is 0.277 e. The number of carbonyl (C=O) groups is 1. The molecule has 8 heteroatoms. The van der Waals surface area contributed by atoms with Crippen molar-refractivity contribution in [3.05, 3.63) is 64.4 Å². The highest BCUT2D eigenvalue weighted by molar-refractivity contribution is 9.10. The number of thioether (sulfide) groups is 1. The van der Waals surface area contributed by atoms with E-state index in [0.717, 1.165) is 21.8 Å². The van der Waals surface area contributed by atoms with Gasteiger partial charge in [-0.05, 0) is 34.1 Å². The van der Waals surface area contributed by atoms with Crippen LogP contribution in [-0.2, 0) is 11.3 Å². The minimum Gasteiger partial charge on any atom is -0.411 e. The van der Waals surface area contributed by atoms with Crippen molar-refractivity contribution >= 4 is 33.6 Å². The number of nitrogens with zero attached hydrogens (tertiary/aromatic N) is 3. The van der Waals surface area contributed by atoms with Gasteiger partial charge in [-0.1, -0.05) is 42.1 Å². The Balaban J connectivity index is 1.58. The van der Waals surface area contributed by atoms with Crippen molar-refractivity contribution in [2.24, 2.45) is 0 Å². The van der Waals surface area contributed by atoms with Gasteiger partial charge in [0.15, 0.2) is 0 Å². The molecular weight excluding hydrogens is 421 g/mol. The summed E-state index contributed by atoms with van der Waals surface area (Å²) >= 11 is 4.59. The predicted octanol–water partition coefficient (Wildman–Crippen LogP) is 4.39. The lowest BCUT2D eigenvalue weighted by Gasteiger charge is -2.16. The molecule has 0 atom stereocenters. The zero-order chi connectivity index (χ0) is 18.5. The number of hydrogen-bond acceptors (Lipinski definition) is 5. The molecule has 26 heavy (non-hydrogen) atoms. The van der Waals surface area contributed by atoms with Crippen LogP contribution >= 0.6 is 27.7 Å². The third kappa shape index (κ3) is 4.50. The summed E-state index contributed by atoms with van der Waals surface area (Å²) in [5.41, 5.74) is 1.26. The van der Waals surface area contributed by atoms with E-state index < -0.39 is 0 Å². The van der Waals surface area contributed by atoms with E-state index in [1.54, 1.807) is 25.2 Å². The van der Waals surface area contributed by atoms with Crippen LogP contribution in [0.5, 0.6) is 0 Å². The van der Waals surface area contributed by atoms with Crippen LogP contribution in [0.1, 0.15) is 5.56 Å². The maximum absolute atomic E-state index is 13.7. The number of halogens is 2. The number of amides is 1. The average Bonchev–Trinajstić information content (AvgIpc) is 3.10. The van der Waals surface area contributed by atoms with E-state index in [2.05, 4.69) is 26.1 Å². The molecule has 0 radical (unpaired) electrons. The van der Waals surface area contributed by atoms with E-state index in [-0.39, 0.29) is 24.0 Å². The van der Waals surface area contributed by atoms with Crippen molar-refractivity contribution in [1.82, 2.24) is 15.1 Å². The second kappa shape index (κ2) is 8.46. The number of rotatable bonds is 6. The second-order valence-electron chi connectivity index (χ2n) is 5.48. The van der Waals surface area contributed by atoms with Crippen LogP contribution < -0.4 is 0 Å². The molecule has 0 aliphatic rings. The van der Waals surface area contributed by atoms with Crippen LogP contribution in [0.25, 0.3) is 11.5 Å². The van der Waals surface area contributed by atoms with Gasteiger partial charge in [0.05, 0.1) is 11.3 Å². The number of aromatic nitrogens is 2. The van der Waals surface area contributed by atoms with Gasteiger partial charge in [-0.2, -0.15) is 0 Å². The van der Waals surface area contributed by atoms with E-state index in [4.69, 9.17) is 4.42 Å². The molecule has 2 aromatic carbocycles. The summed E-state index contributed by atoms with van der Waals surface area (Å²) < 4.78 is 20.1. The van der Waals surface area contributed by atoms with E-state index in [1.807, 2.05) is 24.3 Å². The van der Waals surface area contributed by atoms with Crippen molar-refractivity contribution in [2.45, 2.75) is 11.8 Å². The number of hydrogen-bond donors (Lipinski definition) is 0. The van der Waals surface area contributed by atoms with Gasteiger partial charge < -0.3 is 9.32 Å². The van der Waals surface area contributed by atoms with Crippen molar-refractivity contribution in [3.8, 4) is 11.5 Å². The van der Waals surface area contributed by atoms with Gasteiger partial charge in [-0.25, -0.2) is 4.39 Å². The second-order valence-corrected chi connectivity index (χ2v) is 7.26. The van der Waals surface area contributed by atoms with Gasteiger partial charge in [0.25, 0.3) is 5.22 Å². The molecule has 0 N–H and O–H groups in total. The summed E-state index contributed by atoms with van der Waals surface area (Å²) in [5.74, 6) is 0.0311. The monoisotopic (exact) mass is 435 g/mol. The molecule has 0 aliphatic heterocycles.